The average molecular weight is 347 g/mol. The van der Waals surface area contributed by atoms with Crippen LogP contribution in [0, 0.1) is 5.82 Å². The summed E-state index contributed by atoms with van der Waals surface area (Å²) >= 11 is 0. The fourth-order valence-corrected chi connectivity index (χ4v) is 3.37. The number of hydrogen-bond acceptors (Lipinski definition) is 5. The maximum Gasteiger partial charge on any atom is 0.173 e. The van der Waals surface area contributed by atoms with Crippen molar-refractivity contribution in [2.24, 2.45) is 0 Å². The molecule has 2 fully saturated rings. The SMILES string of the molecule is Fc1ccc([C@H](NC[C@@H]2COC3(CCOCC3)O2)c2ncc[nH]2)cc1. The lowest BCUT2D eigenvalue weighted by Gasteiger charge is -2.31. The van der Waals surface area contributed by atoms with E-state index in [4.69, 9.17) is 14.2 Å². The number of ether oxygens (including phenoxy) is 3. The van der Waals surface area contributed by atoms with E-state index in [-0.39, 0.29) is 18.0 Å². The summed E-state index contributed by atoms with van der Waals surface area (Å²) in [6.45, 7) is 2.52. The first-order valence-corrected chi connectivity index (χ1v) is 8.62. The van der Waals surface area contributed by atoms with Crippen molar-refractivity contribution in [1.82, 2.24) is 15.3 Å². The molecule has 3 heterocycles. The Kier molecular flexibility index (Phi) is 4.80. The van der Waals surface area contributed by atoms with E-state index in [0.717, 1.165) is 24.2 Å². The van der Waals surface area contributed by atoms with Crippen LogP contribution in [0.25, 0.3) is 0 Å². The summed E-state index contributed by atoms with van der Waals surface area (Å²) in [7, 11) is 0. The molecule has 2 atom stereocenters. The molecule has 1 aromatic carbocycles. The van der Waals surface area contributed by atoms with Crippen LogP contribution in [0.2, 0.25) is 0 Å². The number of benzene rings is 1. The quantitative estimate of drug-likeness (QED) is 0.867. The van der Waals surface area contributed by atoms with Crippen LogP contribution in [0.15, 0.2) is 36.7 Å². The van der Waals surface area contributed by atoms with Crippen molar-refractivity contribution >= 4 is 0 Å². The van der Waals surface area contributed by atoms with Crippen LogP contribution in [0.4, 0.5) is 4.39 Å². The average Bonchev–Trinajstić information content (AvgIpc) is 3.29. The molecule has 0 aliphatic carbocycles. The normalized spacial score (nSPS) is 23.8. The molecule has 7 heteroatoms. The number of rotatable bonds is 5. The van der Waals surface area contributed by atoms with Crippen LogP contribution in [0.5, 0.6) is 0 Å². The topological polar surface area (TPSA) is 68.4 Å². The van der Waals surface area contributed by atoms with E-state index in [1.54, 1.807) is 24.5 Å². The van der Waals surface area contributed by atoms with E-state index in [2.05, 4.69) is 15.3 Å². The predicted molar refractivity (Wildman–Crippen MR) is 88.4 cm³/mol. The minimum atomic E-state index is -0.485. The van der Waals surface area contributed by atoms with Crippen molar-refractivity contribution in [2.45, 2.75) is 30.8 Å². The molecule has 0 amide bonds. The molecule has 2 N–H and O–H groups in total. The lowest BCUT2D eigenvalue weighted by atomic mass is 10.1. The zero-order chi connectivity index (χ0) is 17.1. The summed E-state index contributed by atoms with van der Waals surface area (Å²) < 4.78 is 30.7. The Morgan fingerprint density at radius 3 is 2.80 bits per heavy atom. The van der Waals surface area contributed by atoms with Crippen LogP contribution in [-0.4, -0.2) is 48.2 Å². The monoisotopic (exact) mass is 347 g/mol. The number of nitrogens with one attached hydrogen (secondary N) is 2. The molecule has 2 aliphatic heterocycles. The number of aromatic nitrogens is 2. The Bertz CT molecular complexity index is 671. The molecule has 25 heavy (non-hydrogen) atoms. The first-order chi connectivity index (χ1) is 12.2. The fourth-order valence-electron chi connectivity index (χ4n) is 3.37. The molecular formula is C18H22FN3O3. The molecule has 0 bridgehead atoms. The minimum Gasteiger partial charge on any atom is -0.381 e. The molecule has 0 saturated carbocycles. The zero-order valence-corrected chi connectivity index (χ0v) is 13.9. The number of hydrogen-bond donors (Lipinski definition) is 2. The van der Waals surface area contributed by atoms with Gasteiger partial charge in [0.15, 0.2) is 5.79 Å². The largest absolute Gasteiger partial charge is 0.381 e. The second-order valence-electron chi connectivity index (χ2n) is 6.44. The molecule has 1 spiro atoms. The number of imidazole rings is 1. The molecule has 2 aromatic rings. The number of halogens is 1. The molecule has 0 unspecified atom stereocenters. The van der Waals surface area contributed by atoms with Gasteiger partial charge >= 0.3 is 0 Å². The first-order valence-electron chi connectivity index (χ1n) is 8.62. The standard InChI is InChI=1S/C18H22FN3O3/c19-14-3-1-13(2-4-14)16(17-20-7-8-21-17)22-11-15-12-24-18(25-15)5-9-23-10-6-18/h1-4,7-8,15-16,22H,5-6,9-12H2,(H,20,21)/t15-,16+/m1/s1. The molecule has 134 valence electrons. The third-order valence-corrected chi connectivity index (χ3v) is 4.71. The van der Waals surface area contributed by atoms with Crippen LogP contribution >= 0.6 is 0 Å². The Balaban J connectivity index is 1.42. The van der Waals surface area contributed by atoms with Crippen LogP contribution in [-0.2, 0) is 14.2 Å². The number of nitrogens with zero attached hydrogens (tertiary/aromatic N) is 1. The van der Waals surface area contributed by atoms with Gasteiger partial charge in [-0.2, -0.15) is 0 Å². The van der Waals surface area contributed by atoms with E-state index in [9.17, 15) is 4.39 Å². The summed E-state index contributed by atoms with van der Waals surface area (Å²) in [6, 6.07) is 6.28. The van der Waals surface area contributed by atoms with Crippen molar-refractivity contribution in [1.29, 1.82) is 0 Å². The van der Waals surface area contributed by atoms with Crippen LogP contribution in [0.3, 0.4) is 0 Å². The Hall–Kier alpha value is -1.80. The molecule has 0 radical (unpaired) electrons. The Labute approximate surface area is 145 Å². The van der Waals surface area contributed by atoms with E-state index in [0.29, 0.717) is 26.4 Å². The molecule has 4 rings (SSSR count). The fraction of sp³-hybridized carbons (Fsp3) is 0.500. The van der Waals surface area contributed by atoms with Gasteiger partial charge in [0.25, 0.3) is 0 Å². The third-order valence-electron chi connectivity index (χ3n) is 4.71. The second-order valence-corrected chi connectivity index (χ2v) is 6.44. The van der Waals surface area contributed by atoms with Crippen molar-refractivity contribution in [3.05, 3.63) is 53.9 Å². The van der Waals surface area contributed by atoms with Gasteiger partial charge in [-0.1, -0.05) is 12.1 Å². The van der Waals surface area contributed by atoms with E-state index in [1.807, 2.05) is 0 Å². The molecule has 1 aromatic heterocycles. The summed E-state index contributed by atoms with van der Waals surface area (Å²) in [6.07, 6.45) is 4.99. The van der Waals surface area contributed by atoms with Gasteiger partial charge in [-0.25, -0.2) is 9.37 Å². The Morgan fingerprint density at radius 1 is 1.28 bits per heavy atom. The molecular weight excluding hydrogens is 325 g/mol. The van der Waals surface area contributed by atoms with Gasteiger partial charge in [0, 0.05) is 31.8 Å². The van der Waals surface area contributed by atoms with Crippen molar-refractivity contribution in [3.8, 4) is 0 Å². The highest BCUT2D eigenvalue weighted by molar-refractivity contribution is 5.25. The van der Waals surface area contributed by atoms with Crippen LogP contribution < -0.4 is 5.32 Å². The highest BCUT2D eigenvalue weighted by Crippen LogP contribution is 2.33. The van der Waals surface area contributed by atoms with Gasteiger partial charge in [0.05, 0.1) is 32.0 Å². The van der Waals surface area contributed by atoms with Gasteiger partial charge in [-0.05, 0) is 17.7 Å². The summed E-state index contributed by atoms with van der Waals surface area (Å²) in [5, 5.41) is 3.47. The highest BCUT2D eigenvalue weighted by atomic mass is 19.1. The smallest absolute Gasteiger partial charge is 0.173 e. The number of aromatic amines is 1. The zero-order valence-electron chi connectivity index (χ0n) is 13.9. The van der Waals surface area contributed by atoms with Gasteiger partial charge in [0.2, 0.25) is 0 Å². The lowest BCUT2D eigenvalue weighted by Crippen LogP contribution is -2.39. The van der Waals surface area contributed by atoms with Crippen molar-refractivity contribution in [2.75, 3.05) is 26.4 Å². The summed E-state index contributed by atoms with van der Waals surface area (Å²) in [4.78, 5) is 7.47. The van der Waals surface area contributed by atoms with E-state index in [1.165, 1.54) is 12.1 Å². The van der Waals surface area contributed by atoms with Gasteiger partial charge in [-0.15, -0.1) is 0 Å². The summed E-state index contributed by atoms with van der Waals surface area (Å²) in [5.74, 6) is 0.0444. The van der Waals surface area contributed by atoms with Gasteiger partial charge < -0.3 is 24.5 Å². The van der Waals surface area contributed by atoms with Crippen molar-refractivity contribution in [3.63, 3.8) is 0 Å². The van der Waals surface area contributed by atoms with Gasteiger partial charge in [0.1, 0.15) is 11.6 Å². The first kappa shape index (κ1) is 16.7. The highest BCUT2D eigenvalue weighted by Gasteiger charge is 2.42. The third kappa shape index (κ3) is 3.74. The predicted octanol–water partition coefficient (Wildman–Crippen LogP) is 2.15. The van der Waals surface area contributed by atoms with Crippen LogP contribution in [0.1, 0.15) is 30.3 Å². The lowest BCUT2D eigenvalue weighted by molar-refractivity contribution is -0.210. The maximum atomic E-state index is 13.2. The van der Waals surface area contributed by atoms with Gasteiger partial charge in [-0.3, -0.25) is 0 Å². The molecule has 6 nitrogen and oxygen atoms in total. The number of H-pyrrole nitrogens is 1. The van der Waals surface area contributed by atoms with E-state index >= 15 is 0 Å². The van der Waals surface area contributed by atoms with Crippen molar-refractivity contribution < 1.29 is 18.6 Å². The summed E-state index contributed by atoms with van der Waals surface area (Å²) in [5.41, 5.74) is 0.941. The second kappa shape index (κ2) is 7.21. The Morgan fingerprint density at radius 2 is 2.08 bits per heavy atom. The van der Waals surface area contributed by atoms with E-state index < -0.39 is 5.79 Å². The molecule has 2 saturated heterocycles. The minimum absolute atomic E-state index is 0.0315. The maximum absolute atomic E-state index is 13.2. The molecule has 2 aliphatic rings.